The number of hydrogen-bond donors (Lipinski definition) is 0. The summed E-state index contributed by atoms with van der Waals surface area (Å²) in [5.41, 5.74) is 0.400. The van der Waals surface area contributed by atoms with Crippen molar-refractivity contribution in [2.45, 2.75) is 4.90 Å². The van der Waals surface area contributed by atoms with Gasteiger partial charge in [-0.2, -0.15) is 8.42 Å². The maximum absolute atomic E-state index is 12.2. The monoisotopic (exact) mass is 170 g/mol. The zero-order chi connectivity index (χ0) is 8.48. The molecule has 0 saturated heterocycles. The molecule has 0 bridgehead atoms. The van der Waals surface area contributed by atoms with Crippen LogP contribution in [-0.2, 0) is 10.2 Å². The molecule has 2 nitrogen and oxygen atoms in total. The van der Waals surface area contributed by atoms with Crippen molar-refractivity contribution >= 4 is 23.5 Å². The van der Waals surface area contributed by atoms with Crippen molar-refractivity contribution in [3.63, 3.8) is 0 Å². The van der Waals surface area contributed by atoms with Crippen molar-refractivity contribution in [1.29, 1.82) is 0 Å². The van der Waals surface area contributed by atoms with Gasteiger partial charge in [-0.05, 0) is 12.1 Å². The van der Waals surface area contributed by atoms with E-state index in [1.807, 2.05) is 0 Å². The fraction of sp³-hybridized carbons (Fsp3) is 0. The average Bonchev–Trinajstić information content (AvgIpc) is 1.86. The summed E-state index contributed by atoms with van der Waals surface area (Å²) in [4.78, 5) is -0.369. The topological polar surface area (TPSA) is 34.1 Å². The average molecular weight is 170 g/mol. The Morgan fingerprint density at radius 2 is 1.64 bits per heavy atom. The Balaban J connectivity index is 3.20. The van der Waals surface area contributed by atoms with Crippen molar-refractivity contribution in [3.8, 4) is 0 Å². The lowest BCUT2D eigenvalue weighted by Gasteiger charge is -1.94. The Morgan fingerprint density at radius 3 is 2.00 bits per heavy atom. The van der Waals surface area contributed by atoms with Crippen LogP contribution in [0.3, 0.4) is 0 Å². The summed E-state index contributed by atoms with van der Waals surface area (Å²) in [5, 5.41) is 0. The van der Waals surface area contributed by atoms with Crippen LogP contribution in [0.25, 0.3) is 0 Å². The molecule has 0 aromatic heterocycles. The molecular weight excluding hydrogens is 166 g/mol. The zero-order valence-corrected chi connectivity index (χ0v) is 6.31. The Bertz CT molecular complexity index is 343. The van der Waals surface area contributed by atoms with Crippen molar-refractivity contribution in [2.75, 3.05) is 0 Å². The highest BCUT2D eigenvalue weighted by Gasteiger charge is 2.09. The van der Waals surface area contributed by atoms with E-state index in [-0.39, 0.29) is 4.90 Å². The molecule has 0 N–H and O–H groups in total. The van der Waals surface area contributed by atoms with E-state index in [4.69, 9.17) is 7.85 Å². The lowest BCUT2D eigenvalue weighted by molar-refractivity contribution is 0.552. The molecule has 0 heterocycles. The second kappa shape index (κ2) is 2.66. The van der Waals surface area contributed by atoms with E-state index < -0.39 is 10.2 Å². The van der Waals surface area contributed by atoms with Gasteiger partial charge in [0, 0.05) is 0 Å². The number of rotatable bonds is 1. The van der Waals surface area contributed by atoms with Crippen LogP contribution in [0.2, 0.25) is 0 Å². The summed E-state index contributed by atoms with van der Waals surface area (Å²) in [6.45, 7) is 0. The number of benzene rings is 1. The van der Waals surface area contributed by atoms with Crippen LogP contribution in [0.15, 0.2) is 29.2 Å². The smallest absolute Gasteiger partial charge is 0.189 e. The van der Waals surface area contributed by atoms with E-state index in [1.54, 1.807) is 0 Å². The summed E-state index contributed by atoms with van der Waals surface area (Å²) < 4.78 is 32.7. The van der Waals surface area contributed by atoms with Gasteiger partial charge in [-0.15, -0.1) is 3.89 Å². The first-order valence-corrected chi connectivity index (χ1v) is 4.19. The van der Waals surface area contributed by atoms with Crippen LogP contribution in [0.1, 0.15) is 0 Å². The Morgan fingerprint density at radius 1 is 1.18 bits per heavy atom. The highest BCUT2D eigenvalue weighted by atomic mass is 32.3. The molecule has 0 atom stereocenters. The highest BCUT2D eigenvalue weighted by molar-refractivity contribution is 7.86. The molecule has 0 aliphatic heterocycles. The normalized spacial score (nSPS) is 11.4. The van der Waals surface area contributed by atoms with Crippen molar-refractivity contribution in [3.05, 3.63) is 24.3 Å². The molecule has 0 unspecified atom stereocenters. The minimum atomic E-state index is -4.58. The van der Waals surface area contributed by atoms with E-state index >= 15 is 0 Å². The Kier molecular flexibility index (Phi) is 2.00. The van der Waals surface area contributed by atoms with Gasteiger partial charge in [0.1, 0.15) is 7.85 Å². The first kappa shape index (κ1) is 8.26. The maximum atomic E-state index is 12.2. The third kappa shape index (κ3) is 2.05. The van der Waals surface area contributed by atoms with E-state index in [9.17, 15) is 12.3 Å². The summed E-state index contributed by atoms with van der Waals surface area (Å²) >= 11 is 0. The standard InChI is InChI=1S/C6H4BFO2S/c7-5-1-3-6(4-2-5)11(8,9)10/h1-4H. The van der Waals surface area contributed by atoms with E-state index in [0.717, 1.165) is 12.1 Å². The van der Waals surface area contributed by atoms with Crippen LogP contribution in [-0.4, -0.2) is 16.3 Å². The molecule has 1 aromatic carbocycles. The van der Waals surface area contributed by atoms with Gasteiger partial charge < -0.3 is 0 Å². The third-order valence-electron chi connectivity index (χ3n) is 1.16. The summed E-state index contributed by atoms with van der Waals surface area (Å²) in [7, 11) is 0.678. The highest BCUT2D eigenvalue weighted by Crippen LogP contribution is 2.08. The van der Waals surface area contributed by atoms with Gasteiger partial charge in [0.05, 0.1) is 4.90 Å². The predicted molar refractivity (Wildman–Crippen MR) is 40.1 cm³/mol. The van der Waals surface area contributed by atoms with Crippen LogP contribution in [0.5, 0.6) is 0 Å². The van der Waals surface area contributed by atoms with Crippen molar-refractivity contribution in [1.82, 2.24) is 0 Å². The zero-order valence-electron chi connectivity index (χ0n) is 5.49. The van der Waals surface area contributed by atoms with Gasteiger partial charge in [0.15, 0.2) is 0 Å². The van der Waals surface area contributed by atoms with Gasteiger partial charge in [-0.1, -0.05) is 17.6 Å². The number of hydrogen-bond acceptors (Lipinski definition) is 2. The minimum absolute atomic E-state index is 0.369. The fourth-order valence-electron chi connectivity index (χ4n) is 0.630. The summed E-state index contributed by atoms with van der Waals surface area (Å²) in [6.07, 6.45) is 0. The molecule has 0 saturated carbocycles. The van der Waals surface area contributed by atoms with E-state index in [2.05, 4.69) is 0 Å². The molecule has 0 amide bonds. The molecule has 5 heteroatoms. The predicted octanol–water partition coefficient (Wildman–Crippen LogP) is 0.139. The minimum Gasteiger partial charge on any atom is -0.189 e. The Hall–Kier alpha value is -0.835. The van der Waals surface area contributed by atoms with Crippen molar-refractivity contribution in [2.24, 2.45) is 0 Å². The van der Waals surface area contributed by atoms with Crippen LogP contribution in [0, 0.1) is 0 Å². The fourth-order valence-corrected chi connectivity index (χ4v) is 1.09. The van der Waals surface area contributed by atoms with E-state index in [1.165, 1.54) is 12.1 Å². The SMILES string of the molecule is [B]c1ccc(S(=O)(=O)F)cc1. The quantitative estimate of drug-likeness (QED) is 0.443. The van der Waals surface area contributed by atoms with Gasteiger partial charge in [0.2, 0.25) is 0 Å². The second-order valence-corrected chi connectivity index (χ2v) is 3.35. The molecule has 1 rings (SSSR count). The lowest BCUT2D eigenvalue weighted by atomic mass is 9.97. The molecule has 0 fully saturated rings. The molecular formula is C6H4BFO2S. The maximum Gasteiger partial charge on any atom is 0.332 e. The van der Waals surface area contributed by atoms with Crippen LogP contribution >= 0.6 is 0 Å². The van der Waals surface area contributed by atoms with Crippen LogP contribution < -0.4 is 5.46 Å². The van der Waals surface area contributed by atoms with Gasteiger partial charge in [-0.25, -0.2) is 0 Å². The molecule has 1 aromatic rings. The van der Waals surface area contributed by atoms with Gasteiger partial charge >= 0.3 is 10.2 Å². The summed E-state index contributed by atoms with van der Waals surface area (Å²) in [5.74, 6) is 0. The van der Waals surface area contributed by atoms with E-state index in [0.29, 0.717) is 5.46 Å². The second-order valence-electron chi connectivity index (χ2n) is 2.01. The Labute approximate surface area is 65.7 Å². The first-order chi connectivity index (χ1) is 5.00. The summed E-state index contributed by atoms with van der Waals surface area (Å²) in [6, 6.07) is 4.88. The third-order valence-corrected chi connectivity index (χ3v) is 2.00. The van der Waals surface area contributed by atoms with Gasteiger partial charge in [0.25, 0.3) is 0 Å². The van der Waals surface area contributed by atoms with Crippen molar-refractivity contribution < 1.29 is 12.3 Å². The van der Waals surface area contributed by atoms with Gasteiger partial charge in [-0.3, -0.25) is 0 Å². The molecule has 0 aliphatic rings. The molecule has 0 spiro atoms. The molecule has 2 radical (unpaired) electrons. The molecule has 56 valence electrons. The first-order valence-electron chi connectivity index (χ1n) is 2.80. The van der Waals surface area contributed by atoms with Crippen LogP contribution in [0.4, 0.5) is 3.89 Å². The number of halogens is 1. The lowest BCUT2D eigenvalue weighted by Crippen LogP contribution is -2.01. The molecule has 11 heavy (non-hydrogen) atoms. The molecule has 0 aliphatic carbocycles. The largest absolute Gasteiger partial charge is 0.332 e.